The quantitative estimate of drug-likeness (QED) is 0.795. The van der Waals surface area contributed by atoms with Crippen molar-refractivity contribution < 1.29 is 5.11 Å². The molecule has 2 aromatic heterocycles. The van der Waals surface area contributed by atoms with E-state index in [2.05, 4.69) is 15.0 Å². The van der Waals surface area contributed by atoms with Gasteiger partial charge >= 0.3 is 0 Å². The van der Waals surface area contributed by atoms with Crippen molar-refractivity contribution in [3.63, 3.8) is 0 Å². The van der Waals surface area contributed by atoms with E-state index in [1.165, 1.54) is 0 Å². The summed E-state index contributed by atoms with van der Waals surface area (Å²) in [4.78, 5) is 12.8. The summed E-state index contributed by atoms with van der Waals surface area (Å²) in [5.74, 6) is 0. The molecule has 96 valence electrons. The Labute approximate surface area is 114 Å². The molecule has 1 atom stereocenters. The van der Waals surface area contributed by atoms with Crippen molar-refractivity contribution in [2.24, 2.45) is 0 Å². The van der Waals surface area contributed by atoms with Gasteiger partial charge in [0.05, 0.1) is 22.1 Å². The molecule has 1 aromatic carbocycles. The molecular weight excluding hydrogens is 258 g/mol. The first kappa shape index (κ1) is 12.2. The Kier molecular flexibility index (Phi) is 3.23. The summed E-state index contributed by atoms with van der Waals surface area (Å²) >= 11 is 1.58. The van der Waals surface area contributed by atoms with Crippen molar-refractivity contribution in [1.82, 2.24) is 15.0 Å². The molecule has 3 rings (SSSR count). The molecule has 3 aromatic rings. The average molecular weight is 271 g/mol. The third kappa shape index (κ3) is 2.62. The number of rotatable bonds is 3. The van der Waals surface area contributed by atoms with Crippen molar-refractivity contribution in [3.8, 4) is 0 Å². The third-order valence-electron chi connectivity index (χ3n) is 2.91. The molecule has 0 fully saturated rings. The molecule has 0 saturated heterocycles. The highest BCUT2D eigenvalue weighted by Crippen LogP contribution is 2.22. The van der Waals surface area contributed by atoms with Crippen LogP contribution in [0.4, 0.5) is 0 Å². The standard InChI is InChI=1S/C14H13N3OS/c1-9-8-19-14(17-9)7-13(18)10-2-3-11-12(6-10)16-5-4-15-11/h2-6,8,13,18H,7H2,1H3. The average Bonchev–Trinajstić information content (AvgIpc) is 2.83. The van der Waals surface area contributed by atoms with Gasteiger partial charge in [0.2, 0.25) is 0 Å². The second-order valence-corrected chi connectivity index (χ2v) is 5.35. The Hall–Kier alpha value is -1.85. The Balaban J connectivity index is 1.86. The first-order chi connectivity index (χ1) is 9.22. The Bertz CT molecular complexity index is 710. The van der Waals surface area contributed by atoms with Crippen LogP contribution >= 0.6 is 11.3 Å². The summed E-state index contributed by atoms with van der Waals surface area (Å²) in [6.07, 6.45) is 3.29. The minimum Gasteiger partial charge on any atom is -0.388 e. The summed E-state index contributed by atoms with van der Waals surface area (Å²) in [6, 6.07) is 5.66. The molecule has 0 aliphatic carbocycles. The molecular formula is C14H13N3OS. The van der Waals surface area contributed by atoms with Gasteiger partial charge in [-0.05, 0) is 24.6 Å². The van der Waals surface area contributed by atoms with E-state index in [1.807, 2.05) is 30.5 Å². The monoisotopic (exact) mass is 271 g/mol. The Morgan fingerprint density at radius 2 is 2.00 bits per heavy atom. The molecule has 0 amide bonds. The van der Waals surface area contributed by atoms with Crippen LogP contribution in [0.25, 0.3) is 11.0 Å². The number of nitrogens with zero attached hydrogens (tertiary/aromatic N) is 3. The third-order valence-corrected chi connectivity index (χ3v) is 3.90. The van der Waals surface area contributed by atoms with Gasteiger partial charge in [-0.3, -0.25) is 9.97 Å². The second-order valence-electron chi connectivity index (χ2n) is 4.41. The number of aliphatic hydroxyl groups is 1. The maximum atomic E-state index is 10.3. The molecule has 1 unspecified atom stereocenters. The molecule has 5 heteroatoms. The molecule has 0 radical (unpaired) electrons. The van der Waals surface area contributed by atoms with Gasteiger partial charge in [-0.25, -0.2) is 4.98 Å². The van der Waals surface area contributed by atoms with E-state index in [4.69, 9.17) is 0 Å². The van der Waals surface area contributed by atoms with Gasteiger partial charge in [0, 0.05) is 29.9 Å². The highest BCUT2D eigenvalue weighted by atomic mass is 32.1. The zero-order chi connectivity index (χ0) is 13.2. The topological polar surface area (TPSA) is 58.9 Å². The van der Waals surface area contributed by atoms with E-state index < -0.39 is 6.10 Å². The predicted molar refractivity (Wildman–Crippen MR) is 75.1 cm³/mol. The molecule has 0 bridgehead atoms. The molecule has 2 heterocycles. The number of hydrogen-bond acceptors (Lipinski definition) is 5. The molecule has 0 aliphatic rings. The highest BCUT2D eigenvalue weighted by Gasteiger charge is 2.12. The fourth-order valence-electron chi connectivity index (χ4n) is 1.97. The lowest BCUT2D eigenvalue weighted by atomic mass is 10.1. The zero-order valence-corrected chi connectivity index (χ0v) is 11.3. The normalized spacial score (nSPS) is 12.7. The van der Waals surface area contributed by atoms with Crippen LogP contribution in [0.3, 0.4) is 0 Å². The van der Waals surface area contributed by atoms with E-state index in [0.29, 0.717) is 6.42 Å². The van der Waals surface area contributed by atoms with E-state index in [-0.39, 0.29) is 0 Å². The number of hydrogen-bond donors (Lipinski definition) is 1. The lowest BCUT2D eigenvalue weighted by Gasteiger charge is -2.09. The van der Waals surface area contributed by atoms with Crippen LogP contribution < -0.4 is 0 Å². The van der Waals surface area contributed by atoms with E-state index in [1.54, 1.807) is 23.7 Å². The zero-order valence-electron chi connectivity index (χ0n) is 10.4. The van der Waals surface area contributed by atoms with Gasteiger partial charge in [0.15, 0.2) is 0 Å². The highest BCUT2D eigenvalue weighted by molar-refractivity contribution is 7.09. The summed E-state index contributed by atoms with van der Waals surface area (Å²) in [7, 11) is 0. The molecule has 0 aliphatic heterocycles. The molecule has 4 nitrogen and oxygen atoms in total. The Morgan fingerprint density at radius 1 is 1.21 bits per heavy atom. The maximum Gasteiger partial charge on any atom is 0.0957 e. The van der Waals surface area contributed by atoms with Gasteiger partial charge < -0.3 is 5.11 Å². The van der Waals surface area contributed by atoms with Gasteiger partial charge in [0.25, 0.3) is 0 Å². The Morgan fingerprint density at radius 3 is 2.74 bits per heavy atom. The maximum absolute atomic E-state index is 10.3. The fourth-order valence-corrected chi connectivity index (χ4v) is 2.78. The van der Waals surface area contributed by atoms with Crippen LogP contribution in [0, 0.1) is 6.92 Å². The largest absolute Gasteiger partial charge is 0.388 e. The molecule has 0 spiro atoms. The summed E-state index contributed by atoms with van der Waals surface area (Å²) in [5, 5.41) is 13.2. The van der Waals surface area contributed by atoms with Gasteiger partial charge in [0.1, 0.15) is 0 Å². The van der Waals surface area contributed by atoms with E-state index in [9.17, 15) is 5.11 Å². The van der Waals surface area contributed by atoms with Crippen molar-refractivity contribution in [3.05, 3.63) is 52.2 Å². The number of aliphatic hydroxyl groups excluding tert-OH is 1. The van der Waals surface area contributed by atoms with E-state index >= 15 is 0 Å². The first-order valence-electron chi connectivity index (χ1n) is 6.02. The van der Waals surface area contributed by atoms with Crippen molar-refractivity contribution in [2.45, 2.75) is 19.4 Å². The minimum atomic E-state index is -0.558. The second kappa shape index (κ2) is 5.03. The molecule has 0 saturated carbocycles. The van der Waals surface area contributed by atoms with Gasteiger partial charge in [-0.15, -0.1) is 11.3 Å². The number of aryl methyl sites for hydroxylation is 1. The first-order valence-corrected chi connectivity index (χ1v) is 6.90. The summed E-state index contributed by atoms with van der Waals surface area (Å²) in [5.41, 5.74) is 3.48. The summed E-state index contributed by atoms with van der Waals surface area (Å²) < 4.78 is 0. The van der Waals surface area contributed by atoms with Crippen molar-refractivity contribution >= 4 is 22.4 Å². The van der Waals surface area contributed by atoms with Gasteiger partial charge in [-0.2, -0.15) is 0 Å². The van der Waals surface area contributed by atoms with Crippen LogP contribution in [0.1, 0.15) is 22.4 Å². The summed E-state index contributed by atoms with van der Waals surface area (Å²) in [6.45, 7) is 1.96. The van der Waals surface area contributed by atoms with E-state index in [0.717, 1.165) is 27.3 Å². The number of benzene rings is 1. The van der Waals surface area contributed by atoms with Crippen LogP contribution in [-0.4, -0.2) is 20.1 Å². The molecule has 19 heavy (non-hydrogen) atoms. The van der Waals surface area contributed by atoms with Crippen LogP contribution in [-0.2, 0) is 6.42 Å². The van der Waals surface area contributed by atoms with Crippen molar-refractivity contribution in [2.75, 3.05) is 0 Å². The lowest BCUT2D eigenvalue weighted by Crippen LogP contribution is -2.02. The number of fused-ring (bicyclic) bond motifs is 1. The number of aromatic nitrogens is 3. The lowest BCUT2D eigenvalue weighted by molar-refractivity contribution is 0.178. The predicted octanol–water partition coefficient (Wildman–Crippen LogP) is 2.67. The van der Waals surface area contributed by atoms with Gasteiger partial charge in [-0.1, -0.05) is 6.07 Å². The SMILES string of the molecule is Cc1csc(CC(O)c2ccc3nccnc3c2)n1. The van der Waals surface area contributed by atoms with Crippen LogP contribution in [0.5, 0.6) is 0 Å². The van der Waals surface area contributed by atoms with Crippen LogP contribution in [0.15, 0.2) is 36.0 Å². The van der Waals surface area contributed by atoms with Crippen LogP contribution in [0.2, 0.25) is 0 Å². The molecule has 1 N–H and O–H groups in total. The minimum absolute atomic E-state index is 0.532. The fraction of sp³-hybridized carbons (Fsp3) is 0.214. The smallest absolute Gasteiger partial charge is 0.0957 e. The van der Waals surface area contributed by atoms with Crippen molar-refractivity contribution in [1.29, 1.82) is 0 Å². The number of thiazole rings is 1.